The lowest BCUT2D eigenvalue weighted by Crippen LogP contribution is -2.17. The standard InChI is InChI=1S/C30H35NO2/c1-5-13-24-25(27-17-11-12-18-29(27)32-7-3)19-20-30(26(24)14-6-2)33-28(21-22-31-4)23-15-9-8-10-16-23/h5-6,8-12,15-20,28,31H,1-2,7,13-14,21-22H2,3-4H3. The van der Waals surface area contributed by atoms with Crippen molar-refractivity contribution in [1.82, 2.24) is 5.32 Å². The van der Waals surface area contributed by atoms with E-state index in [0.717, 1.165) is 54.0 Å². The average molecular weight is 442 g/mol. The van der Waals surface area contributed by atoms with Crippen molar-refractivity contribution in [1.29, 1.82) is 0 Å². The molecule has 3 nitrogen and oxygen atoms in total. The molecule has 0 saturated carbocycles. The maximum absolute atomic E-state index is 6.69. The van der Waals surface area contributed by atoms with E-state index in [0.29, 0.717) is 6.61 Å². The smallest absolute Gasteiger partial charge is 0.127 e. The largest absolute Gasteiger partial charge is 0.493 e. The SMILES string of the molecule is C=CCc1c(OC(CCNC)c2ccccc2)ccc(-c2ccccc2OCC)c1CC=C. The number of nitrogens with one attached hydrogen (secondary N) is 1. The first-order valence-corrected chi connectivity index (χ1v) is 11.7. The van der Waals surface area contributed by atoms with Crippen LogP contribution in [0.4, 0.5) is 0 Å². The van der Waals surface area contributed by atoms with Gasteiger partial charge in [-0.3, -0.25) is 0 Å². The minimum absolute atomic E-state index is 0.0413. The molecule has 0 aliphatic carbocycles. The number of hydrogen-bond donors (Lipinski definition) is 1. The molecule has 1 atom stereocenters. The molecule has 172 valence electrons. The zero-order chi connectivity index (χ0) is 23.5. The third-order valence-electron chi connectivity index (χ3n) is 5.66. The van der Waals surface area contributed by atoms with Crippen molar-refractivity contribution in [2.24, 2.45) is 0 Å². The van der Waals surface area contributed by atoms with E-state index in [1.165, 1.54) is 11.1 Å². The summed E-state index contributed by atoms with van der Waals surface area (Å²) in [5.41, 5.74) is 5.76. The van der Waals surface area contributed by atoms with Crippen LogP contribution in [0.3, 0.4) is 0 Å². The Morgan fingerprint density at radius 3 is 2.21 bits per heavy atom. The maximum atomic E-state index is 6.69. The molecule has 0 saturated heterocycles. The normalized spacial score (nSPS) is 11.6. The van der Waals surface area contributed by atoms with Crippen LogP contribution in [-0.4, -0.2) is 20.2 Å². The average Bonchev–Trinajstić information content (AvgIpc) is 2.85. The molecule has 1 N–H and O–H groups in total. The van der Waals surface area contributed by atoms with Crippen LogP contribution in [-0.2, 0) is 12.8 Å². The van der Waals surface area contributed by atoms with Crippen molar-refractivity contribution in [2.75, 3.05) is 20.2 Å². The topological polar surface area (TPSA) is 30.5 Å². The molecule has 0 aliphatic rings. The predicted octanol–water partition coefficient (Wildman–Crippen LogP) is 6.94. The highest BCUT2D eigenvalue weighted by atomic mass is 16.5. The van der Waals surface area contributed by atoms with E-state index >= 15 is 0 Å². The van der Waals surface area contributed by atoms with Crippen LogP contribution in [0.1, 0.15) is 36.1 Å². The molecule has 3 heteroatoms. The van der Waals surface area contributed by atoms with Gasteiger partial charge in [-0.05, 0) is 62.2 Å². The van der Waals surface area contributed by atoms with Crippen LogP contribution in [0, 0.1) is 0 Å². The highest BCUT2D eigenvalue weighted by molar-refractivity contribution is 5.76. The number of para-hydroxylation sites is 1. The van der Waals surface area contributed by atoms with Crippen LogP contribution < -0.4 is 14.8 Å². The summed E-state index contributed by atoms with van der Waals surface area (Å²) in [7, 11) is 1.97. The summed E-state index contributed by atoms with van der Waals surface area (Å²) in [5, 5.41) is 3.25. The Labute approximate surface area is 198 Å². The van der Waals surface area contributed by atoms with E-state index in [1.54, 1.807) is 0 Å². The molecule has 1 unspecified atom stereocenters. The van der Waals surface area contributed by atoms with Gasteiger partial charge in [0.15, 0.2) is 0 Å². The summed E-state index contributed by atoms with van der Waals surface area (Å²) in [4.78, 5) is 0. The third kappa shape index (κ3) is 6.15. The lowest BCUT2D eigenvalue weighted by atomic mass is 9.90. The van der Waals surface area contributed by atoms with Crippen molar-refractivity contribution >= 4 is 0 Å². The number of hydrogen-bond acceptors (Lipinski definition) is 3. The first kappa shape index (κ1) is 24.3. The number of benzene rings is 3. The van der Waals surface area contributed by atoms with Crippen LogP contribution in [0.15, 0.2) is 92.0 Å². The van der Waals surface area contributed by atoms with Gasteiger partial charge in [0, 0.05) is 17.5 Å². The van der Waals surface area contributed by atoms with E-state index in [4.69, 9.17) is 9.47 Å². The maximum Gasteiger partial charge on any atom is 0.127 e. The van der Waals surface area contributed by atoms with Gasteiger partial charge in [0.1, 0.15) is 17.6 Å². The minimum Gasteiger partial charge on any atom is -0.493 e. The lowest BCUT2D eigenvalue weighted by Gasteiger charge is -2.24. The number of allylic oxidation sites excluding steroid dienone is 2. The molecule has 0 amide bonds. The molecule has 0 fully saturated rings. The summed E-state index contributed by atoms with van der Waals surface area (Å²) in [5.74, 6) is 1.79. The van der Waals surface area contributed by atoms with Gasteiger partial charge in [0.05, 0.1) is 6.61 Å². The summed E-state index contributed by atoms with van der Waals surface area (Å²) in [6.45, 7) is 11.5. The summed E-state index contributed by atoms with van der Waals surface area (Å²) < 4.78 is 12.6. The van der Waals surface area contributed by atoms with E-state index in [-0.39, 0.29) is 6.10 Å². The van der Waals surface area contributed by atoms with Gasteiger partial charge in [-0.15, -0.1) is 13.2 Å². The van der Waals surface area contributed by atoms with Gasteiger partial charge in [-0.25, -0.2) is 0 Å². The van der Waals surface area contributed by atoms with E-state index in [9.17, 15) is 0 Å². The molecular formula is C30H35NO2. The fourth-order valence-electron chi connectivity index (χ4n) is 4.14. The Hall–Kier alpha value is -3.30. The zero-order valence-corrected chi connectivity index (χ0v) is 19.8. The molecule has 0 bridgehead atoms. The Morgan fingerprint density at radius 1 is 0.818 bits per heavy atom. The first-order chi connectivity index (χ1) is 16.2. The first-order valence-electron chi connectivity index (χ1n) is 11.7. The van der Waals surface area contributed by atoms with Crippen molar-refractivity contribution in [3.63, 3.8) is 0 Å². The highest BCUT2D eigenvalue weighted by Gasteiger charge is 2.20. The van der Waals surface area contributed by atoms with Crippen molar-refractivity contribution < 1.29 is 9.47 Å². The Balaban J connectivity index is 2.10. The van der Waals surface area contributed by atoms with Crippen LogP contribution >= 0.6 is 0 Å². The second-order valence-electron chi connectivity index (χ2n) is 7.89. The molecule has 0 aliphatic heterocycles. The van der Waals surface area contributed by atoms with Gasteiger partial charge in [-0.1, -0.05) is 66.7 Å². The highest BCUT2D eigenvalue weighted by Crippen LogP contribution is 2.39. The van der Waals surface area contributed by atoms with E-state index < -0.39 is 0 Å². The van der Waals surface area contributed by atoms with E-state index in [2.05, 4.69) is 67.0 Å². The molecular weight excluding hydrogens is 406 g/mol. The molecule has 0 radical (unpaired) electrons. The Morgan fingerprint density at radius 2 is 1.52 bits per heavy atom. The molecule has 0 spiro atoms. The molecule has 33 heavy (non-hydrogen) atoms. The number of ether oxygens (including phenoxy) is 2. The monoisotopic (exact) mass is 441 g/mol. The molecule has 0 aromatic heterocycles. The van der Waals surface area contributed by atoms with Gasteiger partial charge >= 0.3 is 0 Å². The van der Waals surface area contributed by atoms with E-state index in [1.807, 2.05) is 44.3 Å². The Bertz CT molecular complexity index is 1040. The summed E-state index contributed by atoms with van der Waals surface area (Å²) in [6, 6.07) is 22.9. The second-order valence-corrected chi connectivity index (χ2v) is 7.89. The zero-order valence-electron chi connectivity index (χ0n) is 19.8. The fourth-order valence-corrected chi connectivity index (χ4v) is 4.14. The van der Waals surface area contributed by atoms with Crippen LogP contribution in [0.2, 0.25) is 0 Å². The lowest BCUT2D eigenvalue weighted by molar-refractivity contribution is 0.193. The Kier molecular flexibility index (Phi) is 9.34. The van der Waals surface area contributed by atoms with Crippen LogP contribution in [0.5, 0.6) is 11.5 Å². The quantitative estimate of drug-likeness (QED) is 0.291. The van der Waals surface area contributed by atoms with Crippen molar-refractivity contribution in [3.05, 3.63) is 109 Å². The molecule has 0 heterocycles. The number of rotatable bonds is 13. The van der Waals surface area contributed by atoms with Crippen LogP contribution in [0.25, 0.3) is 11.1 Å². The van der Waals surface area contributed by atoms with Crippen molar-refractivity contribution in [2.45, 2.75) is 32.3 Å². The summed E-state index contributed by atoms with van der Waals surface area (Å²) >= 11 is 0. The van der Waals surface area contributed by atoms with Gasteiger partial charge in [0.25, 0.3) is 0 Å². The second kappa shape index (κ2) is 12.7. The van der Waals surface area contributed by atoms with Gasteiger partial charge in [-0.2, -0.15) is 0 Å². The molecule has 3 aromatic rings. The predicted molar refractivity (Wildman–Crippen MR) is 139 cm³/mol. The minimum atomic E-state index is -0.0413. The van der Waals surface area contributed by atoms with Crippen molar-refractivity contribution in [3.8, 4) is 22.6 Å². The van der Waals surface area contributed by atoms with Gasteiger partial charge in [0.2, 0.25) is 0 Å². The van der Waals surface area contributed by atoms with Gasteiger partial charge < -0.3 is 14.8 Å². The fraction of sp³-hybridized carbons (Fsp3) is 0.267. The third-order valence-corrected chi connectivity index (χ3v) is 5.66. The molecule has 3 rings (SSSR count). The summed E-state index contributed by atoms with van der Waals surface area (Å²) in [6.07, 6.45) is 6.19. The molecule has 3 aromatic carbocycles.